The number of aryl methyl sites for hydroxylation is 1. The number of benzene rings is 1. The molecular weight excluding hydrogens is 277 g/mol. The average Bonchev–Trinajstić information content (AvgIpc) is 2.49. The fourth-order valence-corrected chi connectivity index (χ4v) is 1.79. The van der Waals surface area contributed by atoms with E-state index in [4.69, 9.17) is 0 Å². The second-order valence-corrected chi connectivity index (χ2v) is 4.19. The molecule has 0 saturated carbocycles. The molecule has 3 nitrogen and oxygen atoms in total. The van der Waals surface area contributed by atoms with Crippen LogP contribution in [0, 0.1) is 3.57 Å². The highest BCUT2D eigenvalue weighted by atomic mass is 127. The van der Waals surface area contributed by atoms with Crippen LogP contribution in [0.2, 0.25) is 0 Å². The maximum absolute atomic E-state index is 4.09. The number of rotatable bonds is 2. The number of halogens is 1. The minimum Gasteiger partial charge on any atom is -0.245 e. The molecule has 2 rings (SSSR count). The first-order valence-electron chi connectivity index (χ1n) is 4.30. The second-order valence-electron chi connectivity index (χ2n) is 2.95. The van der Waals surface area contributed by atoms with Crippen LogP contribution in [0.15, 0.2) is 18.2 Å². The highest BCUT2D eigenvalue weighted by molar-refractivity contribution is 14.1. The lowest BCUT2D eigenvalue weighted by Gasteiger charge is -1.98. The van der Waals surface area contributed by atoms with Gasteiger partial charge >= 0.3 is 0 Å². The van der Waals surface area contributed by atoms with Crippen molar-refractivity contribution in [3.05, 3.63) is 21.8 Å². The summed E-state index contributed by atoms with van der Waals surface area (Å²) in [6.07, 6.45) is 1.09. The Morgan fingerprint density at radius 1 is 1.46 bits per heavy atom. The molecule has 0 aliphatic rings. The van der Waals surface area contributed by atoms with Crippen LogP contribution in [-0.2, 0) is 6.54 Å². The van der Waals surface area contributed by atoms with Gasteiger partial charge in [-0.3, -0.25) is 0 Å². The van der Waals surface area contributed by atoms with Crippen molar-refractivity contribution in [2.75, 3.05) is 0 Å². The van der Waals surface area contributed by atoms with Crippen LogP contribution in [0.1, 0.15) is 13.3 Å². The van der Waals surface area contributed by atoms with Gasteiger partial charge in [0.25, 0.3) is 0 Å². The summed E-state index contributed by atoms with van der Waals surface area (Å²) in [5.74, 6) is 0. The molecule has 0 amide bonds. The van der Waals surface area contributed by atoms with Gasteiger partial charge in [-0.15, -0.1) is 5.10 Å². The van der Waals surface area contributed by atoms with Crippen molar-refractivity contribution in [1.82, 2.24) is 15.0 Å². The topological polar surface area (TPSA) is 30.7 Å². The first kappa shape index (κ1) is 8.93. The molecule has 1 aromatic carbocycles. The van der Waals surface area contributed by atoms with Crippen LogP contribution in [0.3, 0.4) is 0 Å². The summed E-state index contributed by atoms with van der Waals surface area (Å²) in [5.41, 5.74) is 2.11. The summed E-state index contributed by atoms with van der Waals surface area (Å²) in [7, 11) is 0. The first-order valence-corrected chi connectivity index (χ1v) is 5.38. The number of aromatic nitrogens is 3. The standard InChI is InChI=1S/C9H10IN3/c1-2-5-13-9-6-7(10)3-4-8(9)11-12-13/h3-4,6H,2,5H2,1H3. The average molecular weight is 287 g/mol. The molecule has 0 N–H and O–H groups in total. The maximum atomic E-state index is 4.09. The van der Waals surface area contributed by atoms with Crippen LogP contribution < -0.4 is 0 Å². The largest absolute Gasteiger partial charge is 0.245 e. The lowest BCUT2D eigenvalue weighted by atomic mass is 10.3. The van der Waals surface area contributed by atoms with E-state index >= 15 is 0 Å². The zero-order valence-electron chi connectivity index (χ0n) is 7.37. The molecule has 1 heterocycles. The lowest BCUT2D eigenvalue weighted by molar-refractivity contribution is 0.595. The predicted octanol–water partition coefficient (Wildman–Crippen LogP) is 2.45. The van der Waals surface area contributed by atoms with Gasteiger partial charge in [-0.2, -0.15) is 0 Å². The van der Waals surface area contributed by atoms with E-state index in [1.807, 2.05) is 16.8 Å². The summed E-state index contributed by atoms with van der Waals surface area (Å²) in [6.45, 7) is 3.08. The van der Waals surface area contributed by atoms with Gasteiger partial charge in [0.2, 0.25) is 0 Å². The molecule has 0 unspecified atom stereocenters. The van der Waals surface area contributed by atoms with E-state index in [1.165, 1.54) is 3.57 Å². The third-order valence-corrected chi connectivity index (χ3v) is 2.58. The van der Waals surface area contributed by atoms with Gasteiger partial charge < -0.3 is 0 Å². The van der Waals surface area contributed by atoms with Crippen LogP contribution in [0.5, 0.6) is 0 Å². The van der Waals surface area contributed by atoms with Crippen molar-refractivity contribution in [3.63, 3.8) is 0 Å². The number of hydrogen-bond acceptors (Lipinski definition) is 2. The maximum Gasteiger partial charge on any atom is 0.113 e. The zero-order chi connectivity index (χ0) is 9.26. The molecule has 0 fully saturated rings. The minimum absolute atomic E-state index is 0.941. The van der Waals surface area contributed by atoms with Gasteiger partial charge in [0.05, 0.1) is 5.52 Å². The van der Waals surface area contributed by atoms with Crippen molar-refractivity contribution in [2.45, 2.75) is 19.9 Å². The molecule has 0 aliphatic carbocycles. The van der Waals surface area contributed by atoms with E-state index in [0.29, 0.717) is 0 Å². The Labute approximate surface area is 90.3 Å². The summed E-state index contributed by atoms with van der Waals surface area (Å²) in [6, 6.07) is 6.18. The predicted molar refractivity (Wildman–Crippen MR) is 60.5 cm³/mol. The molecular formula is C9H10IN3. The quantitative estimate of drug-likeness (QED) is 0.794. The molecule has 0 bridgehead atoms. The highest BCUT2D eigenvalue weighted by Crippen LogP contribution is 2.14. The second kappa shape index (κ2) is 3.61. The highest BCUT2D eigenvalue weighted by Gasteiger charge is 2.02. The summed E-state index contributed by atoms with van der Waals surface area (Å²) < 4.78 is 3.18. The first-order chi connectivity index (χ1) is 6.31. The van der Waals surface area contributed by atoms with E-state index in [2.05, 4.69) is 45.9 Å². The van der Waals surface area contributed by atoms with Gasteiger partial charge in [0.15, 0.2) is 0 Å². The summed E-state index contributed by atoms with van der Waals surface area (Å²) in [5, 5.41) is 8.18. The van der Waals surface area contributed by atoms with Crippen LogP contribution in [0.25, 0.3) is 11.0 Å². The van der Waals surface area contributed by atoms with Gasteiger partial charge in [-0.25, -0.2) is 4.68 Å². The van der Waals surface area contributed by atoms with Gasteiger partial charge in [-0.1, -0.05) is 12.1 Å². The normalized spacial score (nSPS) is 10.9. The third-order valence-electron chi connectivity index (χ3n) is 1.91. The molecule has 0 aliphatic heterocycles. The van der Waals surface area contributed by atoms with Gasteiger partial charge in [0, 0.05) is 10.1 Å². The molecule has 0 atom stereocenters. The van der Waals surface area contributed by atoms with E-state index in [9.17, 15) is 0 Å². The van der Waals surface area contributed by atoms with Crippen LogP contribution >= 0.6 is 22.6 Å². The van der Waals surface area contributed by atoms with Crippen molar-refractivity contribution in [3.8, 4) is 0 Å². The third kappa shape index (κ3) is 1.67. The number of fused-ring (bicyclic) bond motifs is 1. The number of hydrogen-bond donors (Lipinski definition) is 0. The van der Waals surface area contributed by atoms with Crippen LogP contribution in [0.4, 0.5) is 0 Å². The smallest absolute Gasteiger partial charge is 0.113 e. The molecule has 0 spiro atoms. The summed E-state index contributed by atoms with van der Waals surface area (Å²) >= 11 is 2.30. The van der Waals surface area contributed by atoms with Crippen molar-refractivity contribution < 1.29 is 0 Å². The van der Waals surface area contributed by atoms with E-state index in [0.717, 1.165) is 24.0 Å². The molecule has 1 aromatic heterocycles. The molecule has 0 radical (unpaired) electrons. The molecule has 0 saturated heterocycles. The monoisotopic (exact) mass is 287 g/mol. The van der Waals surface area contributed by atoms with Gasteiger partial charge in [-0.05, 0) is 47.2 Å². The van der Waals surface area contributed by atoms with E-state index < -0.39 is 0 Å². The molecule has 68 valence electrons. The van der Waals surface area contributed by atoms with E-state index in [-0.39, 0.29) is 0 Å². The molecule has 4 heteroatoms. The Morgan fingerprint density at radius 3 is 3.08 bits per heavy atom. The summed E-state index contributed by atoms with van der Waals surface area (Å²) in [4.78, 5) is 0. The SMILES string of the molecule is CCCn1nnc2ccc(I)cc21. The Hall–Kier alpha value is -0.650. The fourth-order valence-electron chi connectivity index (χ4n) is 1.32. The Bertz CT molecular complexity index is 422. The van der Waals surface area contributed by atoms with Crippen molar-refractivity contribution in [1.29, 1.82) is 0 Å². The van der Waals surface area contributed by atoms with Crippen LogP contribution in [-0.4, -0.2) is 15.0 Å². The zero-order valence-corrected chi connectivity index (χ0v) is 9.52. The Morgan fingerprint density at radius 2 is 2.31 bits per heavy atom. The fraction of sp³-hybridized carbons (Fsp3) is 0.333. The Balaban J connectivity index is 2.58. The van der Waals surface area contributed by atoms with Crippen molar-refractivity contribution >= 4 is 33.6 Å². The van der Waals surface area contributed by atoms with Gasteiger partial charge in [0.1, 0.15) is 5.52 Å². The minimum atomic E-state index is 0.941. The number of nitrogens with zero attached hydrogens (tertiary/aromatic N) is 3. The lowest BCUT2D eigenvalue weighted by Crippen LogP contribution is -1.98. The molecule has 13 heavy (non-hydrogen) atoms. The molecule has 2 aromatic rings. The van der Waals surface area contributed by atoms with Crippen molar-refractivity contribution in [2.24, 2.45) is 0 Å². The Kier molecular flexibility index (Phi) is 2.48. The van der Waals surface area contributed by atoms with E-state index in [1.54, 1.807) is 0 Å².